The van der Waals surface area contributed by atoms with E-state index in [0.29, 0.717) is 26.3 Å². The fraction of sp³-hybridized carbons (Fsp3) is 0.625. The van der Waals surface area contributed by atoms with Gasteiger partial charge in [-0.25, -0.2) is 4.79 Å². The maximum atomic E-state index is 10.9. The Kier molecular flexibility index (Phi) is 8.28. The monoisotopic (exact) mass is 188 g/mol. The van der Waals surface area contributed by atoms with Gasteiger partial charge < -0.3 is 20.5 Å². The zero-order valence-corrected chi connectivity index (χ0v) is 7.58. The van der Waals surface area contributed by atoms with E-state index in [0.717, 1.165) is 0 Å². The number of amides is 2. The second-order valence-corrected chi connectivity index (χ2v) is 2.26. The summed E-state index contributed by atoms with van der Waals surface area (Å²) >= 11 is 0. The molecule has 3 N–H and O–H groups in total. The van der Waals surface area contributed by atoms with E-state index in [2.05, 4.69) is 17.2 Å². The number of aliphatic hydroxyl groups is 1. The summed E-state index contributed by atoms with van der Waals surface area (Å²) in [4.78, 5) is 10.9. The Bertz CT molecular complexity index is 150. The van der Waals surface area contributed by atoms with E-state index < -0.39 is 0 Å². The maximum absolute atomic E-state index is 10.9. The summed E-state index contributed by atoms with van der Waals surface area (Å²) in [5.41, 5.74) is 0. The van der Waals surface area contributed by atoms with Crippen molar-refractivity contribution in [2.24, 2.45) is 0 Å². The summed E-state index contributed by atoms with van der Waals surface area (Å²) < 4.78 is 4.93. The number of carbonyl (C=O) groups excluding carboxylic acids is 1. The van der Waals surface area contributed by atoms with Crippen molar-refractivity contribution in [1.82, 2.24) is 10.6 Å². The first kappa shape index (κ1) is 11.9. The van der Waals surface area contributed by atoms with Crippen molar-refractivity contribution in [1.29, 1.82) is 0 Å². The summed E-state index contributed by atoms with van der Waals surface area (Å²) in [6, 6.07) is -0.243. The second kappa shape index (κ2) is 9.02. The highest BCUT2D eigenvalue weighted by Crippen LogP contribution is 1.72. The molecule has 0 aliphatic heterocycles. The topological polar surface area (TPSA) is 70.6 Å². The predicted molar refractivity (Wildman–Crippen MR) is 49.5 cm³/mol. The van der Waals surface area contributed by atoms with E-state index in [1.165, 1.54) is 0 Å². The van der Waals surface area contributed by atoms with Crippen LogP contribution < -0.4 is 10.6 Å². The van der Waals surface area contributed by atoms with Crippen LogP contribution in [0.15, 0.2) is 12.7 Å². The van der Waals surface area contributed by atoms with Crippen molar-refractivity contribution in [3.8, 4) is 0 Å². The summed E-state index contributed by atoms with van der Waals surface area (Å²) in [5.74, 6) is 0. The van der Waals surface area contributed by atoms with Crippen LogP contribution in [0.25, 0.3) is 0 Å². The largest absolute Gasteiger partial charge is 0.394 e. The van der Waals surface area contributed by atoms with Crippen molar-refractivity contribution < 1.29 is 14.6 Å². The lowest BCUT2D eigenvalue weighted by Gasteiger charge is -2.05. The molecule has 0 saturated heterocycles. The molecule has 0 aromatic carbocycles. The van der Waals surface area contributed by atoms with Crippen molar-refractivity contribution in [3.63, 3.8) is 0 Å². The minimum Gasteiger partial charge on any atom is -0.394 e. The molecule has 0 aromatic rings. The molecule has 0 rings (SSSR count). The normalized spacial score (nSPS) is 9.31. The van der Waals surface area contributed by atoms with Crippen molar-refractivity contribution >= 4 is 6.03 Å². The van der Waals surface area contributed by atoms with E-state index in [9.17, 15) is 4.79 Å². The highest BCUT2D eigenvalue weighted by molar-refractivity contribution is 5.73. The van der Waals surface area contributed by atoms with Gasteiger partial charge in [-0.1, -0.05) is 6.08 Å². The van der Waals surface area contributed by atoms with Gasteiger partial charge in [0, 0.05) is 13.1 Å². The molecule has 76 valence electrons. The Hall–Kier alpha value is -1.07. The Balaban J connectivity index is 3.12. The lowest BCUT2D eigenvalue weighted by atomic mass is 10.6. The molecule has 0 bridgehead atoms. The molecule has 0 aliphatic rings. The van der Waals surface area contributed by atoms with E-state index in [1.807, 2.05) is 0 Å². The van der Waals surface area contributed by atoms with Crippen LogP contribution in [0.2, 0.25) is 0 Å². The molecule has 0 saturated carbocycles. The van der Waals surface area contributed by atoms with E-state index >= 15 is 0 Å². The molecule has 0 radical (unpaired) electrons. The van der Waals surface area contributed by atoms with Gasteiger partial charge in [-0.3, -0.25) is 0 Å². The van der Waals surface area contributed by atoms with Gasteiger partial charge >= 0.3 is 6.03 Å². The van der Waals surface area contributed by atoms with Gasteiger partial charge in [0.25, 0.3) is 0 Å². The van der Waals surface area contributed by atoms with Crippen LogP contribution in [0.1, 0.15) is 0 Å². The van der Waals surface area contributed by atoms with Crippen LogP contribution in [-0.2, 0) is 4.74 Å². The third-order valence-electron chi connectivity index (χ3n) is 1.17. The van der Waals surface area contributed by atoms with Crippen LogP contribution >= 0.6 is 0 Å². The van der Waals surface area contributed by atoms with E-state index in [4.69, 9.17) is 9.84 Å². The first-order valence-corrected chi connectivity index (χ1v) is 4.12. The third-order valence-corrected chi connectivity index (χ3v) is 1.17. The summed E-state index contributed by atoms with van der Waals surface area (Å²) in [7, 11) is 0. The Morgan fingerprint density at radius 1 is 1.46 bits per heavy atom. The van der Waals surface area contributed by atoms with Crippen LogP contribution in [0, 0.1) is 0 Å². The minimum absolute atomic E-state index is 0.00264. The molecule has 0 heterocycles. The van der Waals surface area contributed by atoms with Crippen LogP contribution in [0.5, 0.6) is 0 Å². The fourth-order valence-electron chi connectivity index (χ4n) is 0.631. The lowest BCUT2D eigenvalue weighted by molar-refractivity contribution is 0.0947. The number of carbonyl (C=O) groups is 1. The summed E-state index contributed by atoms with van der Waals surface area (Å²) in [6.45, 7) is 5.05. The van der Waals surface area contributed by atoms with Gasteiger partial charge in [-0.2, -0.15) is 0 Å². The SMILES string of the molecule is C=CCNC(=O)NCCOCCO. The van der Waals surface area contributed by atoms with Gasteiger partial charge in [-0.05, 0) is 0 Å². The number of rotatable bonds is 7. The number of aliphatic hydroxyl groups excluding tert-OH is 1. The molecule has 0 fully saturated rings. The highest BCUT2D eigenvalue weighted by atomic mass is 16.5. The number of ether oxygens (including phenoxy) is 1. The standard InChI is InChI=1S/C8H16N2O3/c1-2-3-9-8(12)10-4-6-13-7-5-11/h2,11H,1,3-7H2,(H2,9,10,12). The quantitative estimate of drug-likeness (QED) is 0.372. The predicted octanol–water partition coefficient (Wildman–Crippen LogP) is -0.520. The zero-order valence-electron chi connectivity index (χ0n) is 7.58. The Morgan fingerprint density at radius 3 is 2.85 bits per heavy atom. The Morgan fingerprint density at radius 2 is 2.23 bits per heavy atom. The molecule has 13 heavy (non-hydrogen) atoms. The van der Waals surface area contributed by atoms with Crippen molar-refractivity contribution in [2.45, 2.75) is 0 Å². The van der Waals surface area contributed by atoms with E-state index in [1.54, 1.807) is 6.08 Å². The van der Waals surface area contributed by atoms with Gasteiger partial charge in [0.15, 0.2) is 0 Å². The smallest absolute Gasteiger partial charge is 0.315 e. The number of hydrogen-bond acceptors (Lipinski definition) is 3. The van der Waals surface area contributed by atoms with Gasteiger partial charge in [0.05, 0.1) is 19.8 Å². The second-order valence-electron chi connectivity index (χ2n) is 2.26. The molecule has 0 unspecified atom stereocenters. The fourth-order valence-corrected chi connectivity index (χ4v) is 0.631. The number of nitrogens with one attached hydrogen (secondary N) is 2. The zero-order chi connectivity index (χ0) is 9.94. The summed E-state index contributed by atoms with van der Waals surface area (Å²) in [6.07, 6.45) is 1.60. The molecule has 5 heteroatoms. The van der Waals surface area contributed by atoms with E-state index in [-0.39, 0.29) is 12.6 Å². The first-order valence-electron chi connectivity index (χ1n) is 4.12. The number of hydrogen-bond donors (Lipinski definition) is 3. The Labute approximate surface area is 77.8 Å². The molecule has 0 aliphatic carbocycles. The molecular formula is C8H16N2O3. The number of urea groups is 1. The van der Waals surface area contributed by atoms with Crippen LogP contribution in [0.4, 0.5) is 4.79 Å². The average molecular weight is 188 g/mol. The van der Waals surface area contributed by atoms with Crippen LogP contribution in [-0.4, -0.2) is 44.0 Å². The highest BCUT2D eigenvalue weighted by Gasteiger charge is 1.95. The molecule has 0 aromatic heterocycles. The van der Waals surface area contributed by atoms with Crippen molar-refractivity contribution in [3.05, 3.63) is 12.7 Å². The molecule has 2 amide bonds. The molecule has 5 nitrogen and oxygen atoms in total. The average Bonchev–Trinajstić information content (AvgIpc) is 2.14. The maximum Gasteiger partial charge on any atom is 0.315 e. The van der Waals surface area contributed by atoms with Gasteiger partial charge in [-0.15, -0.1) is 6.58 Å². The van der Waals surface area contributed by atoms with Gasteiger partial charge in [0.1, 0.15) is 0 Å². The first-order chi connectivity index (χ1) is 6.31. The molecule has 0 atom stereocenters. The minimum atomic E-state index is -0.243. The third kappa shape index (κ3) is 8.84. The summed E-state index contributed by atoms with van der Waals surface area (Å²) in [5, 5.41) is 13.5. The van der Waals surface area contributed by atoms with Crippen LogP contribution in [0.3, 0.4) is 0 Å². The molecule has 0 spiro atoms. The molecular weight excluding hydrogens is 172 g/mol. The lowest BCUT2D eigenvalue weighted by Crippen LogP contribution is -2.37. The van der Waals surface area contributed by atoms with Gasteiger partial charge in [0.2, 0.25) is 0 Å². The van der Waals surface area contributed by atoms with Crippen molar-refractivity contribution in [2.75, 3.05) is 32.9 Å².